The van der Waals surface area contributed by atoms with Gasteiger partial charge in [0.2, 0.25) is 5.91 Å². The number of rotatable bonds is 7. The molecule has 0 radical (unpaired) electrons. The van der Waals surface area contributed by atoms with E-state index in [1.807, 2.05) is 56.3 Å². The van der Waals surface area contributed by atoms with Crippen molar-refractivity contribution in [3.63, 3.8) is 0 Å². The number of aromatic nitrogens is 1. The van der Waals surface area contributed by atoms with Crippen LogP contribution in [0, 0.1) is 6.92 Å². The number of carbonyl (C=O) groups excluding carboxylic acids is 2. The van der Waals surface area contributed by atoms with Crippen LogP contribution in [-0.4, -0.2) is 31.0 Å². The lowest BCUT2D eigenvalue weighted by Gasteiger charge is -2.15. The van der Waals surface area contributed by atoms with Gasteiger partial charge in [0.05, 0.1) is 26.0 Å². The van der Waals surface area contributed by atoms with Crippen LogP contribution in [0.25, 0.3) is 10.6 Å². The Bertz CT molecular complexity index is 1110. The number of methoxy groups -OCH3 is 2. The zero-order valence-corrected chi connectivity index (χ0v) is 18.9. The molecule has 1 aromatic heterocycles. The van der Waals surface area contributed by atoms with E-state index in [9.17, 15) is 9.59 Å². The van der Waals surface area contributed by atoms with Crippen molar-refractivity contribution in [1.82, 2.24) is 10.3 Å². The molecular formula is C23H25N3O4S. The molecule has 2 aromatic carbocycles. The molecule has 0 spiro atoms. The van der Waals surface area contributed by atoms with Crippen molar-refractivity contribution in [2.24, 2.45) is 0 Å². The molecule has 7 nitrogen and oxygen atoms in total. The van der Waals surface area contributed by atoms with Gasteiger partial charge in [-0.15, -0.1) is 11.3 Å². The molecule has 0 fully saturated rings. The first-order valence-corrected chi connectivity index (χ1v) is 10.5. The van der Waals surface area contributed by atoms with Gasteiger partial charge >= 0.3 is 0 Å². The fraction of sp³-hybridized carbons (Fsp3) is 0.261. The van der Waals surface area contributed by atoms with Crippen molar-refractivity contribution >= 4 is 28.8 Å². The third kappa shape index (κ3) is 5.21. The summed E-state index contributed by atoms with van der Waals surface area (Å²) in [6, 6.07) is 12.7. The standard InChI is InChI=1S/C23H25N3O4S/c1-13(16-7-6-8-18(11-16)26-15(3)27)24-22(28)21-14(2)25-23(31-21)17-9-10-19(29-4)20(12-17)30-5/h6-13H,1-5H3,(H,24,28)(H,26,27). The van der Waals surface area contributed by atoms with Crippen LogP contribution in [0.4, 0.5) is 5.69 Å². The van der Waals surface area contributed by atoms with E-state index in [1.54, 1.807) is 14.2 Å². The van der Waals surface area contributed by atoms with E-state index >= 15 is 0 Å². The minimum Gasteiger partial charge on any atom is -0.493 e. The Morgan fingerprint density at radius 1 is 1.06 bits per heavy atom. The molecule has 1 heterocycles. The number of anilines is 1. The van der Waals surface area contributed by atoms with E-state index in [2.05, 4.69) is 15.6 Å². The van der Waals surface area contributed by atoms with Crippen LogP contribution in [0.15, 0.2) is 42.5 Å². The molecule has 0 saturated carbocycles. The maximum absolute atomic E-state index is 12.9. The summed E-state index contributed by atoms with van der Waals surface area (Å²) >= 11 is 1.33. The lowest BCUT2D eigenvalue weighted by molar-refractivity contribution is -0.114. The van der Waals surface area contributed by atoms with Gasteiger partial charge in [0.15, 0.2) is 11.5 Å². The van der Waals surface area contributed by atoms with Crippen LogP contribution in [0.5, 0.6) is 11.5 Å². The summed E-state index contributed by atoms with van der Waals surface area (Å²) in [5, 5.41) is 6.49. The van der Waals surface area contributed by atoms with Crippen molar-refractivity contribution in [1.29, 1.82) is 0 Å². The van der Waals surface area contributed by atoms with E-state index < -0.39 is 0 Å². The smallest absolute Gasteiger partial charge is 0.263 e. The molecule has 1 atom stereocenters. The number of carbonyl (C=O) groups is 2. The Labute approximate surface area is 185 Å². The monoisotopic (exact) mass is 439 g/mol. The van der Waals surface area contributed by atoms with E-state index in [4.69, 9.17) is 9.47 Å². The van der Waals surface area contributed by atoms with Gasteiger partial charge in [-0.2, -0.15) is 0 Å². The van der Waals surface area contributed by atoms with E-state index in [0.717, 1.165) is 16.1 Å². The number of nitrogens with one attached hydrogen (secondary N) is 2. The minimum absolute atomic E-state index is 0.142. The normalized spacial score (nSPS) is 11.5. The van der Waals surface area contributed by atoms with E-state index in [1.165, 1.54) is 18.3 Å². The Hall–Kier alpha value is -3.39. The quantitative estimate of drug-likeness (QED) is 0.562. The summed E-state index contributed by atoms with van der Waals surface area (Å²) in [6.07, 6.45) is 0. The molecule has 3 rings (SSSR count). The number of benzene rings is 2. The number of ether oxygens (including phenoxy) is 2. The van der Waals surface area contributed by atoms with Crippen LogP contribution in [0.1, 0.15) is 40.8 Å². The van der Waals surface area contributed by atoms with Crippen LogP contribution < -0.4 is 20.1 Å². The molecule has 162 valence electrons. The zero-order chi connectivity index (χ0) is 22.5. The summed E-state index contributed by atoms with van der Waals surface area (Å²) in [6.45, 7) is 5.18. The minimum atomic E-state index is -0.243. The summed E-state index contributed by atoms with van der Waals surface area (Å²) in [7, 11) is 3.16. The van der Waals surface area contributed by atoms with Crippen LogP contribution in [-0.2, 0) is 4.79 Å². The second-order valence-electron chi connectivity index (χ2n) is 7.01. The molecule has 1 unspecified atom stereocenters. The number of thiazole rings is 1. The van der Waals surface area contributed by atoms with Crippen LogP contribution >= 0.6 is 11.3 Å². The molecule has 0 saturated heterocycles. The predicted octanol–water partition coefficient (Wildman–Crippen LogP) is 4.59. The lowest BCUT2D eigenvalue weighted by Crippen LogP contribution is -2.26. The maximum Gasteiger partial charge on any atom is 0.263 e. The first-order valence-electron chi connectivity index (χ1n) is 9.70. The fourth-order valence-electron chi connectivity index (χ4n) is 3.13. The topological polar surface area (TPSA) is 89.5 Å². The second-order valence-corrected chi connectivity index (χ2v) is 8.00. The maximum atomic E-state index is 12.9. The first kappa shape index (κ1) is 22.3. The van der Waals surface area contributed by atoms with Crippen molar-refractivity contribution in [3.05, 3.63) is 58.6 Å². The predicted molar refractivity (Wildman–Crippen MR) is 122 cm³/mol. The van der Waals surface area contributed by atoms with Gasteiger partial charge in [-0.1, -0.05) is 12.1 Å². The van der Waals surface area contributed by atoms with E-state index in [-0.39, 0.29) is 17.9 Å². The van der Waals surface area contributed by atoms with Gasteiger partial charge < -0.3 is 20.1 Å². The molecule has 3 aromatic rings. The molecule has 2 amide bonds. The number of amides is 2. The van der Waals surface area contributed by atoms with Gasteiger partial charge in [0.25, 0.3) is 5.91 Å². The number of aryl methyl sites for hydroxylation is 1. The third-order valence-corrected chi connectivity index (χ3v) is 5.89. The SMILES string of the molecule is COc1ccc(-c2nc(C)c(C(=O)NC(C)c3cccc(NC(C)=O)c3)s2)cc1OC. The largest absolute Gasteiger partial charge is 0.493 e. The summed E-state index contributed by atoms with van der Waals surface area (Å²) in [5.41, 5.74) is 3.09. The van der Waals surface area contributed by atoms with Gasteiger partial charge in [-0.05, 0) is 49.7 Å². The summed E-state index contributed by atoms with van der Waals surface area (Å²) < 4.78 is 10.6. The highest BCUT2D eigenvalue weighted by molar-refractivity contribution is 7.17. The van der Waals surface area contributed by atoms with Crippen molar-refractivity contribution in [3.8, 4) is 22.1 Å². The first-order chi connectivity index (χ1) is 14.8. The van der Waals surface area contributed by atoms with Gasteiger partial charge in [0.1, 0.15) is 9.88 Å². The number of hydrogen-bond acceptors (Lipinski definition) is 6. The average Bonchev–Trinajstić information content (AvgIpc) is 3.14. The summed E-state index contributed by atoms with van der Waals surface area (Å²) in [4.78, 5) is 29.3. The molecular weight excluding hydrogens is 414 g/mol. The second kappa shape index (κ2) is 9.61. The number of nitrogens with zero attached hydrogens (tertiary/aromatic N) is 1. The van der Waals surface area contributed by atoms with Crippen LogP contribution in [0.3, 0.4) is 0 Å². The Morgan fingerprint density at radius 3 is 2.48 bits per heavy atom. The molecule has 0 aliphatic heterocycles. The van der Waals surface area contributed by atoms with Crippen molar-refractivity contribution in [2.45, 2.75) is 26.8 Å². The molecule has 2 N–H and O–H groups in total. The molecule has 8 heteroatoms. The molecule has 31 heavy (non-hydrogen) atoms. The lowest BCUT2D eigenvalue weighted by atomic mass is 10.1. The Balaban J connectivity index is 1.79. The van der Waals surface area contributed by atoms with Crippen molar-refractivity contribution < 1.29 is 19.1 Å². The highest BCUT2D eigenvalue weighted by Gasteiger charge is 2.19. The van der Waals surface area contributed by atoms with Gasteiger partial charge in [0, 0.05) is 18.2 Å². The van der Waals surface area contributed by atoms with Crippen LogP contribution in [0.2, 0.25) is 0 Å². The van der Waals surface area contributed by atoms with Gasteiger partial charge in [-0.25, -0.2) is 4.98 Å². The third-order valence-electron chi connectivity index (χ3n) is 4.69. The fourth-order valence-corrected chi connectivity index (χ4v) is 4.10. The average molecular weight is 440 g/mol. The Morgan fingerprint density at radius 2 is 1.81 bits per heavy atom. The number of hydrogen-bond donors (Lipinski definition) is 2. The highest BCUT2D eigenvalue weighted by Crippen LogP contribution is 2.35. The zero-order valence-electron chi connectivity index (χ0n) is 18.1. The van der Waals surface area contributed by atoms with E-state index in [0.29, 0.717) is 27.8 Å². The molecule has 0 aliphatic carbocycles. The summed E-state index contributed by atoms with van der Waals surface area (Å²) in [5.74, 6) is 0.898. The van der Waals surface area contributed by atoms with Crippen molar-refractivity contribution in [2.75, 3.05) is 19.5 Å². The molecule has 0 aliphatic rings. The molecule has 0 bridgehead atoms. The Kier molecular flexibility index (Phi) is 6.91. The van der Waals surface area contributed by atoms with Gasteiger partial charge in [-0.3, -0.25) is 9.59 Å². The highest BCUT2D eigenvalue weighted by atomic mass is 32.1.